The average molecular weight is 162 g/mol. The number of carbonyl (C=O) groups is 1. The first-order valence-corrected chi connectivity index (χ1v) is 4.01. The lowest BCUT2D eigenvalue weighted by atomic mass is 10.0. The number of hydrogen-bond donors (Lipinski definition) is 1. The van der Waals surface area contributed by atoms with Crippen LogP contribution in [0.15, 0.2) is 12.3 Å². The fourth-order valence-electron chi connectivity index (χ4n) is 1.43. The third-order valence-corrected chi connectivity index (χ3v) is 2.05. The van der Waals surface area contributed by atoms with Gasteiger partial charge in [-0.25, -0.2) is 0 Å². The van der Waals surface area contributed by atoms with Gasteiger partial charge in [0.05, 0.1) is 5.56 Å². The maximum absolute atomic E-state index is 11.2. The molecular weight excluding hydrogens is 152 g/mol. The van der Waals surface area contributed by atoms with Crippen LogP contribution >= 0.6 is 0 Å². The minimum Gasteiger partial charge on any atom is -0.352 e. The standard InChI is InChI=1S/C9H10N2O/c1-6-4-7-2-3-10-9(12)8(7)5-11-6/h4-5H,2-3H2,1H3,(H,10,12). The molecule has 0 aromatic carbocycles. The molecule has 12 heavy (non-hydrogen) atoms. The molecule has 1 aliphatic rings. The van der Waals surface area contributed by atoms with E-state index in [2.05, 4.69) is 10.3 Å². The zero-order chi connectivity index (χ0) is 8.55. The van der Waals surface area contributed by atoms with Crippen LogP contribution in [0.2, 0.25) is 0 Å². The summed E-state index contributed by atoms with van der Waals surface area (Å²) in [6, 6.07) is 1.98. The van der Waals surface area contributed by atoms with E-state index in [9.17, 15) is 4.79 Å². The first kappa shape index (κ1) is 7.28. The van der Waals surface area contributed by atoms with Gasteiger partial charge < -0.3 is 5.32 Å². The summed E-state index contributed by atoms with van der Waals surface area (Å²) in [5.41, 5.74) is 2.82. The molecule has 0 bridgehead atoms. The Morgan fingerprint density at radius 1 is 1.58 bits per heavy atom. The van der Waals surface area contributed by atoms with Crippen LogP contribution in [0.1, 0.15) is 21.6 Å². The summed E-state index contributed by atoms with van der Waals surface area (Å²) in [4.78, 5) is 15.3. The van der Waals surface area contributed by atoms with Gasteiger partial charge >= 0.3 is 0 Å². The highest BCUT2D eigenvalue weighted by Gasteiger charge is 2.16. The van der Waals surface area contributed by atoms with Crippen LogP contribution in [-0.4, -0.2) is 17.4 Å². The number of aromatic nitrogens is 1. The average Bonchev–Trinajstić information content (AvgIpc) is 2.04. The zero-order valence-electron chi connectivity index (χ0n) is 6.92. The minimum atomic E-state index is 0.00347. The number of pyridine rings is 1. The first-order valence-electron chi connectivity index (χ1n) is 4.01. The Morgan fingerprint density at radius 3 is 3.25 bits per heavy atom. The molecule has 2 rings (SSSR count). The largest absolute Gasteiger partial charge is 0.352 e. The first-order chi connectivity index (χ1) is 5.77. The van der Waals surface area contributed by atoms with Crippen LogP contribution in [0.4, 0.5) is 0 Å². The van der Waals surface area contributed by atoms with Crippen molar-refractivity contribution in [2.24, 2.45) is 0 Å². The Bertz CT molecular complexity index is 333. The predicted molar refractivity (Wildman–Crippen MR) is 45.0 cm³/mol. The van der Waals surface area contributed by atoms with E-state index in [-0.39, 0.29) is 5.91 Å². The number of aryl methyl sites for hydroxylation is 1. The topological polar surface area (TPSA) is 42.0 Å². The predicted octanol–water partition coefficient (Wildman–Crippen LogP) is 0.676. The molecule has 62 valence electrons. The van der Waals surface area contributed by atoms with Gasteiger partial charge in [0.1, 0.15) is 0 Å². The van der Waals surface area contributed by atoms with Crippen molar-refractivity contribution >= 4 is 5.91 Å². The summed E-state index contributed by atoms with van der Waals surface area (Å²) >= 11 is 0. The van der Waals surface area contributed by atoms with Gasteiger partial charge in [-0.05, 0) is 25.0 Å². The van der Waals surface area contributed by atoms with Crippen LogP contribution in [-0.2, 0) is 6.42 Å². The molecular formula is C9H10N2O. The second-order valence-electron chi connectivity index (χ2n) is 2.99. The zero-order valence-corrected chi connectivity index (χ0v) is 6.92. The van der Waals surface area contributed by atoms with E-state index in [1.807, 2.05) is 13.0 Å². The number of carbonyl (C=O) groups excluding carboxylic acids is 1. The van der Waals surface area contributed by atoms with Crippen LogP contribution in [0.5, 0.6) is 0 Å². The van der Waals surface area contributed by atoms with E-state index in [1.54, 1.807) is 6.20 Å². The van der Waals surface area contributed by atoms with Crippen molar-refractivity contribution in [3.05, 3.63) is 29.1 Å². The van der Waals surface area contributed by atoms with Gasteiger partial charge in [0.15, 0.2) is 0 Å². The number of nitrogens with one attached hydrogen (secondary N) is 1. The SMILES string of the molecule is Cc1cc2c(cn1)C(=O)NCC2. The summed E-state index contributed by atoms with van der Waals surface area (Å²) < 4.78 is 0. The van der Waals surface area contributed by atoms with Gasteiger partial charge in [0.2, 0.25) is 0 Å². The summed E-state index contributed by atoms with van der Waals surface area (Å²) in [6.07, 6.45) is 2.57. The highest BCUT2D eigenvalue weighted by Crippen LogP contribution is 2.12. The lowest BCUT2D eigenvalue weighted by molar-refractivity contribution is 0.0945. The Balaban J connectivity index is 2.53. The number of fused-ring (bicyclic) bond motifs is 1. The molecule has 1 amide bonds. The molecule has 0 saturated carbocycles. The molecule has 1 aromatic rings. The lowest BCUT2D eigenvalue weighted by Crippen LogP contribution is -2.31. The molecule has 3 nitrogen and oxygen atoms in total. The van der Waals surface area contributed by atoms with Crippen molar-refractivity contribution in [3.8, 4) is 0 Å². The summed E-state index contributed by atoms with van der Waals surface area (Å²) in [5, 5.41) is 2.78. The Labute approximate surface area is 70.8 Å². The second kappa shape index (κ2) is 2.59. The fourth-order valence-corrected chi connectivity index (χ4v) is 1.43. The van der Waals surface area contributed by atoms with Crippen molar-refractivity contribution in [2.45, 2.75) is 13.3 Å². The van der Waals surface area contributed by atoms with Crippen molar-refractivity contribution in [3.63, 3.8) is 0 Å². The molecule has 0 unspecified atom stereocenters. The molecule has 1 aliphatic heterocycles. The van der Waals surface area contributed by atoms with Gasteiger partial charge in [0.25, 0.3) is 5.91 Å². The number of hydrogen-bond acceptors (Lipinski definition) is 2. The molecule has 2 heterocycles. The van der Waals surface area contributed by atoms with E-state index in [0.29, 0.717) is 0 Å². The van der Waals surface area contributed by atoms with E-state index in [0.717, 1.165) is 29.8 Å². The summed E-state index contributed by atoms with van der Waals surface area (Å²) in [7, 11) is 0. The molecule has 3 heteroatoms. The monoisotopic (exact) mass is 162 g/mol. The third kappa shape index (κ3) is 1.07. The number of nitrogens with zero attached hydrogens (tertiary/aromatic N) is 1. The number of rotatable bonds is 0. The summed E-state index contributed by atoms with van der Waals surface area (Å²) in [6.45, 7) is 2.68. The molecule has 0 spiro atoms. The smallest absolute Gasteiger partial charge is 0.253 e. The van der Waals surface area contributed by atoms with Gasteiger partial charge in [-0.2, -0.15) is 0 Å². The van der Waals surface area contributed by atoms with Crippen LogP contribution in [0, 0.1) is 6.92 Å². The van der Waals surface area contributed by atoms with Crippen molar-refractivity contribution < 1.29 is 4.79 Å². The minimum absolute atomic E-state index is 0.00347. The van der Waals surface area contributed by atoms with E-state index in [1.165, 1.54) is 0 Å². The van der Waals surface area contributed by atoms with E-state index < -0.39 is 0 Å². The molecule has 0 fully saturated rings. The van der Waals surface area contributed by atoms with Gasteiger partial charge in [-0.3, -0.25) is 9.78 Å². The van der Waals surface area contributed by atoms with Gasteiger partial charge in [0, 0.05) is 18.4 Å². The van der Waals surface area contributed by atoms with Crippen molar-refractivity contribution in [2.75, 3.05) is 6.54 Å². The van der Waals surface area contributed by atoms with E-state index >= 15 is 0 Å². The van der Waals surface area contributed by atoms with Crippen molar-refractivity contribution in [1.29, 1.82) is 0 Å². The Kier molecular flexibility index (Phi) is 1.57. The molecule has 0 saturated heterocycles. The van der Waals surface area contributed by atoms with E-state index in [4.69, 9.17) is 0 Å². The van der Waals surface area contributed by atoms with Crippen LogP contribution < -0.4 is 5.32 Å². The maximum atomic E-state index is 11.2. The fraction of sp³-hybridized carbons (Fsp3) is 0.333. The molecule has 0 atom stereocenters. The van der Waals surface area contributed by atoms with Crippen LogP contribution in [0.3, 0.4) is 0 Å². The second-order valence-corrected chi connectivity index (χ2v) is 2.99. The normalized spacial score (nSPS) is 15.2. The van der Waals surface area contributed by atoms with Crippen molar-refractivity contribution in [1.82, 2.24) is 10.3 Å². The Morgan fingerprint density at radius 2 is 2.42 bits per heavy atom. The molecule has 1 aromatic heterocycles. The quantitative estimate of drug-likeness (QED) is 0.609. The highest BCUT2D eigenvalue weighted by atomic mass is 16.1. The third-order valence-electron chi connectivity index (χ3n) is 2.05. The lowest BCUT2D eigenvalue weighted by Gasteiger charge is -2.15. The molecule has 0 aliphatic carbocycles. The summed E-state index contributed by atoms with van der Waals surface area (Å²) in [5.74, 6) is 0.00347. The molecule has 1 N–H and O–H groups in total. The van der Waals surface area contributed by atoms with Gasteiger partial charge in [-0.1, -0.05) is 0 Å². The maximum Gasteiger partial charge on any atom is 0.253 e. The Hall–Kier alpha value is -1.38. The van der Waals surface area contributed by atoms with Crippen LogP contribution in [0.25, 0.3) is 0 Å². The highest BCUT2D eigenvalue weighted by molar-refractivity contribution is 5.96. The number of amides is 1. The van der Waals surface area contributed by atoms with Gasteiger partial charge in [-0.15, -0.1) is 0 Å². The molecule has 0 radical (unpaired) electrons.